The van der Waals surface area contributed by atoms with Crippen LogP contribution in [0.25, 0.3) is 54.9 Å². The summed E-state index contributed by atoms with van der Waals surface area (Å²) in [4.78, 5) is 2.32. The van der Waals surface area contributed by atoms with Gasteiger partial charge in [-0.2, -0.15) is 0 Å². The molecule has 0 unspecified atom stereocenters. The zero-order chi connectivity index (χ0) is 35.1. The maximum absolute atomic E-state index is 6.67. The van der Waals surface area contributed by atoms with E-state index in [1.807, 2.05) is 30.3 Å². The highest BCUT2D eigenvalue weighted by atomic mass is 16.5. The molecule has 0 fully saturated rings. The van der Waals surface area contributed by atoms with Crippen LogP contribution in [0, 0.1) is 0 Å². The maximum atomic E-state index is 6.67. The van der Waals surface area contributed by atoms with Gasteiger partial charge in [0.2, 0.25) is 0 Å². The molecule has 3 heteroatoms. The highest BCUT2D eigenvalue weighted by Crippen LogP contribution is 2.49. The van der Waals surface area contributed by atoms with Gasteiger partial charge in [0.1, 0.15) is 11.5 Å². The molecule has 250 valence electrons. The van der Waals surface area contributed by atoms with Gasteiger partial charge in [0.15, 0.2) is 11.5 Å². The van der Waals surface area contributed by atoms with Crippen molar-refractivity contribution < 1.29 is 9.47 Å². The molecule has 3 nitrogen and oxygen atoms in total. The second kappa shape index (κ2) is 12.9. The van der Waals surface area contributed by atoms with Crippen molar-refractivity contribution in [3.8, 4) is 56.4 Å². The Labute approximate surface area is 308 Å². The predicted molar refractivity (Wildman–Crippen MR) is 219 cm³/mol. The fourth-order valence-electron chi connectivity index (χ4n) is 7.54. The molecule has 0 saturated heterocycles. The zero-order valence-electron chi connectivity index (χ0n) is 28.8. The third kappa shape index (κ3) is 5.56. The molecule has 0 N–H and O–H groups in total. The van der Waals surface area contributed by atoms with Gasteiger partial charge >= 0.3 is 0 Å². The molecule has 0 radical (unpaired) electrons. The van der Waals surface area contributed by atoms with Gasteiger partial charge in [0.05, 0.1) is 16.8 Å². The van der Waals surface area contributed by atoms with E-state index >= 15 is 0 Å². The Morgan fingerprint density at radius 2 is 0.849 bits per heavy atom. The van der Waals surface area contributed by atoms with E-state index in [4.69, 9.17) is 9.47 Å². The second-order valence-corrected chi connectivity index (χ2v) is 13.3. The summed E-state index contributed by atoms with van der Waals surface area (Å²) in [5, 5.41) is 4.39. The Morgan fingerprint density at radius 1 is 0.321 bits per heavy atom. The van der Waals surface area contributed by atoms with Gasteiger partial charge in [-0.3, -0.25) is 0 Å². The van der Waals surface area contributed by atoms with Crippen molar-refractivity contribution >= 4 is 38.6 Å². The molecule has 1 aliphatic rings. The summed E-state index contributed by atoms with van der Waals surface area (Å²) in [6.45, 7) is 0. The molecular formula is C50H33NO2. The SMILES string of the molecule is c1ccc(-c2ccc(-c3ccc(N(c4ccc5c(c4)Oc4cccc6cccc(c46)O5)c4ccc(-c5ccccc5)c5ccccc45)cc3)cc2)cc1. The fourth-order valence-corrected chi connectivity index (χ4v) is 7.54. The Balaban J connectivity index is 1.10. The van der Waals surface area contributed by atoms with Crippen LogP contribution in [0.15, 0.2) is 200 Å². The van der Waals surface area contributed by atoms with Crippen LogP contribution < -0.4 is 14.4 Å². The van der Waals surface area contributed by atoms with Gasteiger partial charge < -0.3 is 14.4 Å². The van der Waals surface area contributed by atoms with Crippen LogP contribution in [0.3, 0.4) is 0 Å². The molecule has 0 bridgehead atoms. The van der Waals surface area contributed by atoms with Crippen molar-refractivity contribution in [3.63, 3.8) is 0 Å². The normalized spacial score (nSPS) is 11.7. The summed E-state index contributed by atoms with van der Waals surface area (Å²) in [6.07, 6.45) is 0. The average Bonchev–Trinajstić information content (AvgIpc) is 3.39. The van der Waals surface area contributed by atoms with Crippen LogP contribution in [-0.2, 0) is 0 Å². The first-order valence-corrected chi connectivity index (χ1v) is 17.9. The standard InChI is InChI=1S/C50H33NO2/c1-3-11-34(12-4-1)35-21-23-36(24-22-35)37-25-27-40(28-26-37)51(45-31-30-42(38-13-5-2-6-14-38)43-17-7-8-18-44(43)45)41-29-32-46-49(33-41)53-48-20-10-16-39-15-9-19-47(52-46)50(39)48/h1-33H. The molecular weight excluding hydrogens is 647 g/mol. The Morgan fingerprint density at radius 3 is 1.51 bits per heavy atom. The number of fused-ring (bicyclic) bond motifs is 2. The van der Waals surface area contributed by atoms with Crippen LogP contribution >= 0.6 is 0 Å². The minimum atomic E-state index is 0.663. The molecule has 9 aromatic rings. The molecule has 0 aromatic heterocycles. The van der Waals surface area contributed by atoms with E-state index in [0.29, 0.717) is 11.5 Å². The largest absolute Gasteiger partial charge is 0.453 e. The smallest absolute Gasteiger partial charge is 0.172 e. The number of rotatable bonds is 6. The lowest BCUT2D eigenvalue weighted by molar-refractivity contribution is 0.439. The molecule has 1 aliphatic heterocycles. The van der Waals surface area contributed by atoms with Crippen LogP contribution in [0.1, 0.15) is 0 Å². The molecule has 9 aromatic carbocycles. The summed E-state index contributed by atoms with van der Waals surface area (Å²) in [5.41, 5.74) is 10.2. The quantitative estimate of drug-likeness (QED) is 0.175. The predicted octanol–water partition coefficient (Wildman–Crippen LogP) is 14.4. The number of nitrogens with zero attached hydrogens (tertiary/aromatic N) is 1. The first-order valence-electron chi connectivity index (χ1n) is 17.9. The van der Waals surface area contributed by atoms with Crippen LogP contribution in [0.4, 0.5) is 17.1 Å². The van der Waals surface area contributed by atoms with Crippen molar-refractivity contribution in [2.75, 3.05) is 4.90 Å². The average molecular weight is 680 g/mol. The summed E-state index contributed by atoms with van der Waals surface area (Å²) in [6, 6.07) is 70.3. The van der Waals surface area contributed by atoms with Gasteiger partial charge in [-0.05, 0) is 86.6 Å². The molecule has 1 heterocycles. The molecule has 53 heavy (non-hydrogen) atoms. The third-order valence-corrected chi connectivity index (χ3v) is 10.1. The monoisotopic (exact) mass is 679 g/mol. The van der Waals surface area contributed by atoms with Crippen molar-refractivity contribution in [2.24, 2.45) is 0 Å². The maximum Gasteiger partial charge on any atom is 0.172 e. The molecule has 10 rings (SSSR count). The summed E-state index contributed by atoms with van der Waals surface area (Å²) in [7, 11) is 0. The Hall–Kier alpha value is -7.10. The highest BCUT2D eigenvalue weighted by Gasteiger charge is 2.23. The van der Waals surface area contributed by atoms with Crippen molar-refractivity contribution in [1.82, 2.24) is 0 Å². The fraction of sp³-hybridized carbons (Fsp3) is 0. The highest BCUT2D eigenvalue weighted by molar-refractivity contribution is 6.06. The van der Waals surface area contributed by atoms with Gasteiger partial charge in [-0.15, -0.1) is 0 Å². The van der Waals surface area contributed by atoms with Gasteiger partial charge in [-0.1, -0.05) is 152 Å². The van der Waals surface area contributed by atoms with Crippen molar-refractivity contribution in [1.29, 1.82) is 0 Å². The van der Waals surface area contributed by atoms with Crippen LogP contribution in [-0.4, -0.2) is 0 Å². The molecule has 0 aliphatic carbocycles. The van der Waals surface area contributed by atoms with Gasteiger partial charge in [-0.25, -0.2) is 0 Å². The molecule has 0 amide bonds. The number of ether oxygens (including phenoxy) is 2. The number of anilines is 3. The summed E-state index contributed by atoms with van der Waals surface area (Å²) >= 11 is 0. The molecule has 0 saturated carbocycles. The van der Waals surface area contributed by atoms with Crippen molar-refractivity contribution in [3.05, 3.63) is 200 Å². The lowest BCUT2D eigenvalue weighted by Gasteiger charge is -2.28. The Kier molecular flexibility index (Phi) is 7.47. The molecule has 0 atom stereocenters. The topological polar surface area (TPSA) is 21.7 Å². The van der Waals surface area contributed by atoms with Gasteiger partial charge in [0, 0.05) is 17.1 Å². The lowest BCUT2D eigenvalue weighted by atomic mass is 9.96. The number of hydrogen-bond donors (Lipinski definition) is 0. The molecule has 0 spiro atoms. The van der Waals surface area contributed by atoms with E-state index in [1.165, 1.54) is 33.2 Å². The minimum absolute atomic E-state index is 0.663. The van der Waals surface area contributed by atoms with Crippen LogP contribution in [0.5, 0.6) is 23.0 Å². The first-order chi connectivity index (χ1) is 26.3. The second-order valence-electron chi connectivity index (χ2n) is 13.3. The third-order valence-electron chi connectivity index (χ3n) is 10.1. The lowest BCUT2D eigenvalue weighted by Crippen LogP contribution is -2.11. The van der Waals surface area contributed by atoms with Gasteiger partial charge in [0.25, 0.3) is 0 Å². The van der Waals surface area contributed by atoms with E-state index in [2.05, 4.69) is 175 Å². The van der Waals surface area contributed by atoms with E-state index in [1.54, 1.807) is 0 Å². The summed E-state index contributed by atoms with van der Waals surface area (Å²) in [5.74, 6) is 2.91. The number of benzene rings is 9. The first kappa shape index (κ1) is 30.7. The minimum Gasteiger partial charge on any atom is -0.453 e. The van der Waals surface area contributed by atoms with Crippen molar-refractivity contribution in [2.45, 2.75) is 0 Å². The van der Waals surface area contributed by atoms with E-state index in [-0.39, 0.29) is 0 Å². The van der Waals surface area contributed by atoms with E-state index in [0.717, 1.165) is 50.3 Å². The van der Waals surface area contributed by atoms with E-state index in [9.17, 15) is 0 Å². The zero-order valence-corrected chi connectivity index (χ0v) is 28.8. The van der Waals surface area contributed by atoms with Crippen LogP contribution in [0.2, 0.25) is 0 Å². The Bertz CT molecular complexity index is 2750. The van der Waals surface area contributed by atoms with E-state index < -0.39 is 0 Å². The number of hydrogen-bond acceptors (Lipinski definition) is 3. The summed E-state index contributed by atoms with van der Waals surface area (Å²) < 4.78 is 13.2.